The van der Waals surface area contributed by atoms with Crippen LogP contribution in [0.2, 0.25) is 0 Å². The lowest BCUT2D eigenvalue weighted by atomic mass is 10.4. The fraction of sp³-hybridized carbons (Fsp3) is 0.571. The third-order valence-corrected chi connectivity index (χ3v) is 4.30. The fourth-order valence-electron chi connectivity index (χ4n) is 1.54. The summed E-state index contributed by atoms with van der Waals surface area (Å²) in [6.07, 6.45) is 4.79. The molecule has 6 heteroatoms. The van der Waals surface area contributed by atoms with Crippen molar-refractivity contribution in [2.24, 2.45) is 4.99 Å². The van der Waals surface area contributed by atoms with E-state index in [1.807, 2.05) is 24.0 Å². The number of aromatic nitrogens is 1. The van der Waals surface area contributed by atoms with Crippen LogP contribution in [0.4, 0.5) is 0 Å². The number of guanidine groups is 1. The zero-order valence-electron chi connectivity index (χ0n) is 12.3. The summed E-state index contributed by atoms with van der Waals surface area (Å²) in [6.45, 7) is 10.4. The first-order valence-electron chi connectivity index (χ1n) is 6.88. The van der Waals surface area contributed by atoms with E-state index in [0.29, 0.717) is 0 Å². The maximum atomic E-state index is 4.54. The second-order valence-electron chi connectivity index (χ2n) is 4.17. The molecule has 1 aromatic rings. The smallest absolute Gasteiger partial charge is 0.191 e. The van der Waals surface area contributed by atoms with Gasteiger partial charge in [0, 0.05) is 42.1 Å². The number of hydrogen-bond acceptors (Lipinski definition) is 4. The van der Waals surface area contributed by atoms with Gasteiger partial charge in [0.15, 0.2) is 5.96 Å². The Morgan fingerprint density at radius 3 is 3.05 bits per heavy atom. The van der Waals surface area contributed by atoms with Crippen LogP contribution in [0.15, 0.2) is 23.8 Å². The lowest BCUT2D eigenvalue weighted by molar-refractivity contribution is 0.800. The Labute approximate surface area is 130 Å². The Hall–Kier alpha value is -1.01. The maximum Gasteiger partial charge on any atom is 0.191 e. The topological polar surface area (TPSA) is 49.3 Å². The highest BCUT2D eigenvalue weighted by molar-refractivity contribution is 7.99. The Balaban J connectivity index is 2.26. The first-order chi connectivity index (χ1) is 9.76. The second kappa shape index (κ2) is 10.7. The fourth-order valence-corrected chi connectivity index (χ4v) is 2.88. The van der Waals surface area contributed by atoms with E-state index in [9.17, 15) is 0 Å². The zero-order chi connectivity index (χ0) is 14.6. The first-order valence-corrected chi connectivity index (χ1v) is 8.85. The number of thioether (sulfide) groups is 1. The van der Waals surface area contributed by atoms with Crippen molar-refractivity contribution >= 4 is 29.1 Å². The lowest BCUT2D eigenvalue weighted by Crippen LogP contribution is -2.38. The average Bonchev–Trinajstić information content (AvgIpc) is 2.84. The van der Waals surface area contributed by atoms with Crippen LogP contribution >= 0.6 is 23.1 Å². The lowest BCUT2D eigenvalue weighted by Gasteiger charge is -2.10. The molecule has 2 N–H and O–H groups in total. The molecule has 0 saturated carbocycles. The van der Waals surface area contributed by atoms with Gasteiger partial charge in [0.25, 0.3) is 0 Å². The van der Waals surface area contributed by atoms with Crippen molar-refractivity contribution in [2.45, 2.75) is 20.3 Å². The van der Waals surface area contributed by atoms with Crippen molar-refractivity contribution in [3.8, 4) is 0 Å². The van der Waals surface area contributed by atoms with Crippen molar-refractivity contribution in [2.75, 3.05) is 31.1 Å². The number of nitrogens with zero attached hydrogens (tertiary/aromatic N) is 2. The first kappa shape index (κ1) is 17.0. The van der Waals surface area contributed by atoms with Crippen molar-refractivity contribution in [3.05, 3.63) is 28.7 Å². The summed E-state index contributed by atoms with van der Waals surface area (Å²) >= 11 is 3.60. The molecule has 0 atom stereocenters. The summed E-state index contributed by atoms with van der Waals surface area (Å²) in [6, 6.07) is 0. The summed E-state index contributed by atoms with van der Waals surface area (Å²) in [5.74, 6) is 2.90. The molecule has 0 aromatic carbocycles. The molecule has 0 fully saturated rings. The molecule has 0 aliphatic heterocycles. The van der Waals surface area contributed by atoms with Crippen LogP contribution in [0.25, 0.3) is 0 Å². The van der Waals surface area contributed by atoms with Crippen LogP contribution < -0.4 is 10.6 Å². The monoisotopic (exact) mass is 312 g/mol. The molecule has 0 saturated heterocycles. The predicted octanol–water partition coefficient (Wildman–Crippen LogP) is 2.47. The van der Waals surface area contributed by atoms with Gasteiger partial charge in [-0.05, 0) is 13.8 Å². The quantitative estimate of drug-likeness (QED) is 0.318. The van der Waals surface area contributed by atoms with Gasteiger partial charge in [0.05, 0.1) is 11.6 Å². The van der Waals surface area contributed by atoms with E-state index in [-0.39, 0.29) is 0 Å². The van der Waals surface area contributed by atoms with Gasteiger partial charge in [0.2, 0.25) is 0 Å². The number of aliphatic imine (C=N–C) groups is 1. The number of hydrogen-bond donors (Lipinski definition) is 2. The van der Waals surface area contributed by atoms with Gasteiger partial charge in [0.1, 0.15) is 0 Å². The van der Waals surface area contributed by atoms with E-state index in [0.717, 1.165) is 43.5 Å². The van der Waals surface area contributed by atoms with Crippen molar-refractivity contribution < 1.29 is 0 Å². The SMILES string of the molecule is C=CCSCCN=C(NCC)NCCc1ncc(C)s1. The normalized spacial score (nSPS) is 11.4. The van der Waals surface area contributed by atoms with E-state index in [2.05, 4.69) is 41.0 Å². The van der Waals surface area contributed by atoms with Gasteiger partial charge in [-0.15, -0.1) is 17.9 Å². The number of aryl methyl sites for hydroxylation is 1. The average molecular weight is 313 g/mol. The third-order valence-electron chi connectivity index (χ3n) is 2.39. The van der Waals surface area contributed by atoms with Gasteiger partial charge in [-0.1, -0.05) is 6.08 Å². The number of thiazole rings is 1. The van der Waals surface area contributed by atoms with E-state index >= 15 is 0 Å². The Morgan fingerprint density at radius 1 is 1.55 bits per heavy atom. The van der Waals surface area contributed by atoms with E-state index < -0.39 is 0 Å². The number of nitrogens with one attached hydrogen (secondary N) is 2. The highest BCUT2D eigenvalue weighted by Crippen LogP contribution is 2.10. The minimum absolute atomic E-state index is 0.824. The summed E-state index contributed by atoms with van der Waals surface area (Å²) in [5.41, 5.74) is 0. The maximum absolute atomic E-state index is 4.54. The van der Waals surface area contributed by atoms with Crippen LogP contribution in [0, 0.1) is 6.92 Å². The minimum atomic E-state index is 0.824. The number of rotatable bonds is 9. The molecule has 0 amide bonds. The van der Waals surface area contributed by atoms with E-state index in [4.69, 9.17) is 0 Å². The van der Waals surface area contributed by atoms with Crippen LogP contribution in [0.3, 0.4) is 0 Å². The van der Waals surface area contributed by atoms with E-state index in [1.54, 1.807) is 11.3 Å². The Kier molecular flexibility index (Phi) is 9.15. The van der Waals surface area contributed by atoms with Crippen LogP contribution in [0.5, 0.6) is 0 Å². The molecule has 0 unspecified atom stereocenters. The second-order valence-corrected chi connectivity index (χ2v) is 6.63. The predicted molar refractivity (Wildman–Crippen MR) is 92.1 cm³/mol. The van der Waals surface area contributed by atoms with Gasteiger partial charge in [-0.25, -0.2) is 4.98 Å². The molecule has 1 aromatic heterocycles. The molecule has 1 rings (SSSR count). The molecular formula is C14H24N4S2. The summed E-state index contributed by atoms with van der Waals surface area (Å²) < 4.78 is 0. The summed E-state index contributed by atoms with van der Waals surface area (Å²) in [7, 11) is 0. The minimum Gasteiger partial charge on any atom is -0.357 e. The molecule has 1 heterocycles. The van der Waals surface area contributed by atoms with Crippen molar-refractivity contribution in [1.82, 2.24) is 15.6 Å². The molecule has 0 aliphatic rings. The molecule has 112 valence electrons. The van der Waals surface area contributed by atoms with Gasteiger partial charge < -0.3 is 10.6 Å². The molecule has 0 spiro atoms. The van der Waals surface area contributed by atoms with Gasteiger partial charge >= 0.3 is 0 Å². The zero-order valence-corrected chi connectivity index (χ0v) is 13.9. The van der Waals surface area contributed by atoms with Crippen LogP contribution in [-0.4, -0.2) is 42.1 Å². The highest BCUT2D eigenvalue weighted by atomic mass is 32.2. The van der Waals surface area contributed by atoms with Crippen molar-refractivity contribution in [3.63, 3.8) is 0 Å². The Bertz CT molecular complexity index is 415. The van der Waals surface area contributed by atoms with Crippen molar-refractivity contribution in [1.29, 1.82) is 0 Å². The Morgan fingerprint density at radius 2 is 2.40 bits per heavy atom. The third kappa shape index (κ3) is 7.55. The molecule has 4 nitrogen and oxygen atoms in total. The van der Waals surface area contributed by atoms with Crippen LogP contribution in [-0.2, 0) is 6.42 Å². The standard InChI is InChI=1S/C14H24N4S2/c1-4-9-19-10-8-17-14(15-5-2)16-7-6-13-18-11-12(3)20-13/h4,11H,1,5-10H2,2-3H3,(H2,15,16,17). The summed E-state index contributed by atoms with van der Waals surface area (Å²) in [5, 5.41) is 7.78. The molecule has 0 bridgehead atoms. The molecule has 20 heavy (non-hydrogen) atoms. The molecule has 0 aliphatic carbocycles. The van der Waals surface area contributed by atoms with Gasteiger partial charge in [-0.3, -0.25) is 4.99 Å². The summed E-state index contributed by atoms with van der Waals surface area (Å²) in [4.78, 5) is 10.2. The van der Waals surface area contributed by atoms with Crippen LogP contribution in [0.1, 0.15) is 16.8 Å². The van der Waals surface area contributed by atoms with Gasteiger partial charge in [-0.2, -0.15) is 11.8 Å². The molecular weight excluding hydrogens is 288 g/mol. The molecule has 0 radical (unpaired) electrons. The largest absolute Gasteiger partial charge is 0.357 e. The van der Waals surface area contributed by atoms with E-state index in [1.165, 1.54) is 9.88 Å². The highest BCUT2D eigenvalue weighted by Gasteiger charge is 2.00.